The smallest absolute Gasteiger partial charge is 0.336 e. The van der Waals surface area contributed by atoms with Crippen LogP contribution >= 0.6 is 0 Å². The number of non-ortho nitro benzene ring substituents is 1. The van der Waals surface area contributed by atoms with Gasteiger partial charge in [0, 0.05) is 36.7 Å². The van der Waals surface area contributed by atoms with E-state index in [-0.39, 0.29) is 24.6 Å². The number of amides is 1. The van der Waals surface area contributed by atoms with Gasteiger partial charge in [0.15, 0.2) is 0 Å². The molecule has 24 heavy (non-hydrogen) atoms. The third-order valence-electron chi connectivity index (χ3n) is 4.02. The molecule has 2 rings (SSSR count). The Balaban J connectivity index is 2.57. The van der Waals surface area contributed by atoms with Crippen LogP contribution in [0.2, 0.25) is 0 Å². The lowest BCUT2D eigenvalue weighted by Crippen LogP contribution is -2.38. The van der Waals surface area contributed by atoms with Crippen LogP contribution in [0.5, 0.6) is 0 Å². The second-order valence-corrected chi connectivity index (χ2v) is 5.39. The number of carbonyl (C=O) groups excluding carboxylic acids is 2. The summed E-state index contributed by atoms with van der Waals surface area (Å²) in [6, 6.07) is 5.96. The van der Waals surface area contributed by atoms with Crippen LogP contribution in [0.4, 0.5) is 5.69 Å². The lowest BCUT2D eigenvalue weighted by Gasteiger charge is -2.33. The number of hydrogen-bond acceptors (Lipinski definition) is 5. The maximum absolute atomic E-state index is 12.4. The summed E-state index contributed by atoms with van der Waals surface area (Å²) in [6.07, 6.45) is 1.61. The zero-order chi connectivity index (χ0) is 17.9. The van der Waals surface area contributed by atoms with Gasteiger partial charge in [-0.15, -0.1) is 6.58 Å². The third-order valence-corrected chi connectivity index (χ3v) is 4.02. The molecule has 1 aromatic rings. The molecule has 1 atom stereocenters. The number of hydrogen-bond donors (Lipinski definition) is 0. The Morgan fingerprint density at radius 3 is 2.83 bits per heavy atom. The van der Waals surface area contributed by atoms with E-state index in [9.17, 15) is 19.7 Å². The molecule has 0 N–H and O–H groups in total. The number of nitro groups is 1. The summed E-state index contributed by atoms with van der Waals surface area (Å²) >= 11 is 0. The minimum absolute atomic E-state index is 0.0385. The molecule has 0 spiro atoms. The molecule has 7 nitrogen and oxygen atoms in total. The van der Waals surface area contributed by atoms with E-state index in [0.717, 1.165) is 0 Å². The monoisotopic (exact) mass is 330 g/mol. The van der Waals surface area contributed by atoms with Crippen molar-refractivity contribution in [2.45, 2.75) is 19.3 Å². The lowest BCUT2D eigenvalue weighted by atomic mass is 9.83. The van der Waals surface area contributed by atoms with Crippen LogP contribution in [0.15, 0.2) is 48.2 Å². The third kappa shape index (κ3) is 3.19. The zero-order valence-electron chi connectivity index (χ0n) is 13.5. The predicted octanol–water partition coefficient (Wildman–Crippen LogP) is 2.54. The molecule has 0 saturated heterocycles. The van der Waals surface area contributed by atoms with Crippen LogP contribution in [0.25, 0.3) is 0 Å². The first kappa shape index (κ1) is 17.4. The Morgan fingerprint density at radius 2 is 2.25 bits per heavy atom. The second-order valence-electron chi connectivity index (χ2n) is 5.39. The van der Waals surface area contributed by atoms with Crippen LogP contribution in [-0.2, 0) is 14.3 Å². The van der Waals surface area contributed by atoms with Gasteiger partial charge in [-0.3, -0.25) is 14.9 Å². The fourth-order valence-electron chi connectivity index (χ4n) is 2.88. The van der Waals surface area contributed by atoms with E-state index in [0.29, 0.717) is 16.8 Å². The number of carbonyl (C=O) groups is 2. The molecular formula is C17H18N2O5. The Hall–Kier alpha value is -2.96. The van der Waals surface area contributed by atoms with Crippen LogP contribution in [0, 0.1) is 10.1 Å². The van der Waals surface area contributed by atoms with Crippen molar-refractivity contribution in [2.24, 2.45) is 0 Å². The summed E-state index contributed by atoms with van der Waals surface area (Å²) < 4.78 is 4.86. The van der Waals surface area contributed by atoms with Gasteiger partial charge < -0.3 is 9.64 Å². The van der Waals surface area contributed by atoms with E-state index in [2.05, 4.69) is 6.58 Å². The molecule has 1 amide bonds. The van der Waals surface area contributed by atoms with Crippen molar-refractivity contribution < 1.29 is 19.2 Å². The fraction of sp³-hybridized carbons (Fsp3) is 0.294. The van der Waals surface area contributed by atoms with Gasteiger partial charge in [0.2, 0.25) is 5.91 Å². The van der Waals surface area contributed by atoms with Crippen molar-refractivity contribution in [2.75, 3.05) is 13.7 Å². The van der Waals surface area contributed by atoms with Crippen LogP contribution < -0.4 is 0 Å². The summed E-state index contributed by atoms with van der Waals surface area (Å²) in [5.74, 6) is -1.30. The summed E-state index contributed by atoms with van der Waals surface area (Å²) in [5, 5.41) is 11.0. The van der Waals surface area contributed by atoms with Crippen molar-refractivity contribution in [1.29, 1.82) is 0 Å². The number of ether oxygens (including phenoxy) is 1. The molecule has 0 saturated carbocycles. The van der Waals surface area contributed by atoms with E-state index < -0.39 is 16.8 Å². The average molecular weight is 330 g/mol. The van der Waals surface area contributed by atoms with Gasteiger partial charge in [-0.1, -0.05) is 18.2 Å². The van der Waals surface area contributed by atoms with Crippen LogP contribution in [-0.4, -0.2) is 35.4 Å². The summed E-state index contributed by atoms with van der Waals surface area (Å²) in [6.45, 7) is 5.56. The molecule has 1 aliphatic heterocycles. The lowest BCUT2D eigenvalue weighted by molar-refractivity contribution is -0.384. The summed E-state index contributed by atoms with van der Waals surface area (Å²) in [5.41, 5.74) is 1.26. The predicted molar refractivity (Wildman–Crippen MR) is 87.1 cm³/mol. The number of benzene rings is 1. The average Bonchev–Trinajstić information content (AvgIpc) is 2.57. The number of esters is 1. The standard InChI is InChI=1S/C17H18N2O5/c1-4-8-18-11(2)16(17(21)24-3)14(10-15(18)20)12-6-5-7-13(9-12)19(22)23/h4-7,9,14H,1,8,10H2,2-3H3. The SMILES string of the molecule is C=CCN1C(=O)CC(c2cccc([N+](=O)[O-])c2)C(C(=O)OC)=C1C. The fourth-order valence-corrected chi connectivity index (χ4v) is 2.88. The van der Waals surface area contributed by atoms with Crippen molar-refractivity contribution in [1.82, 2.24) is 4.90 Å². The van der Waals surface area contributed by atoms with Gasteiger partial charge in [0.25, 0.3) is 5.69 Å². The summed E-state index contributed by atoms with van der Waals surface area (Å²) in [4.78, 5) is 36.6. The highest BCUT2D eigenvalue weighted by Crippen LogP contribution is 2.37. The largest absolute Gasteiger partial charge is 0.466 e. The summed E-state index contributed by atoms with van der Waals surface area (Å²) in [7, 11) is 1.27. The maximum Gasteiger partial charge on any atom is 0.336 e. The van der Waals surface area contributed by atoms with Gasteiger partial charge in [-0.05, 0) is 12.5 Å². The van der Waals surface area contributed by atoms with E-state index in [1.165, 1.54) is 30.2 Å². The zero-order valence-corrected chi connectivity index (χ0v) is 13.5. The molecule has 1 heterocycles. The first-order valence-electron chi connectivity index (χ1n) is 7.35. The molecule has 1 aromatic carbocycles. The van der Waals surface area contributed by atoms with Crippen molar-refractivity contribution in [3.63, 3.8) is 0 Å². The molecule has 0 fully saturated rings. The first-order chi connectivity index (χ1) is 11.4. The highest BCUT2D eigenvalue weighted by molar-refractivity contribution is 5.95. The van der Waals surface area contributed by atoms with Crippen molar-refractivity contribution in [3.8, 4) is 0 Å². The minimum Gasteiger partial charge on any atom is -0.466 e. The Bertz CT molecular complexity index is 738. The second kappa shape index (κ2) is 7.08. The van der Waals surface area contributed by atoms with Gasteiger partial charge in [0.05, 0.1) is 17.6 Å². The van der Waals surface area contributed by atoms with E-state index in [1.807, 2.05) is 0 Å². The normalized spacial score (nSPS) is 17.7. The van der Waals surface area contributed by atoms with Crippen molar-refractivity contribution >= 4 is 17.6 Å². The van der Waals surface area contributed by atoms with Crippen LogP contribution in [0.1, 0.15) is 24.8 Å². The molecule has 0 aromatic heterocycles. The Kier molecular flexibility index (Phi) is 5.13. The molecule has 0 aliphatic carbocycles. The van der Waals surface area contributed by atoms with Gasteiger partial charge in [0.1, 0.15) is 0 Å². The van der Waals surface area contributed by atoms with E-state index in [1.54, 1.807) is 19.1 Å². The molecular weight excluding hydrogens is 312 g/mol. The highest BCUT2D eigenvalue weighted by Gasteiger charge is 2.36. The van der Waals surface area contributed by atoms with Gasteiger partial charge in [-0.25, -0.2) is 4.79 Å². The maximum atomic E-state index is 12.4. The quantitative estimate of drug-likeness (QED) is 0.358. The molecule has 1 aliphatic rings. The topological polar surface area (TPSA) is 89.8 Å². The Morgan fingerprint density at radius 1 is 1.54 bits per heavy atom. The molecule has 0 bridgehead atoms. The van der Waals surface area contributed by atoms with Crippen LogP contribution in [0.3, 0.4) is 0 Å². The van der Waals surface area contributed by atoms with Gasteiger partial charge >= 0.3 is 5.97 Å². The minimum atomic E-state index is -0.578. The number of allylic oxidation sites excluding steroid dienone is 1. The Labute approximate surface area is 139 Å². The first-order valence-corrected chi connectivity index (χ1v) is 7.35. The number of methoxy groups -OCH3 is 1. The molecule has 126 valence electrons. The molecule has 7 heteroatoms. The molecule has 1 unspecified atom stereocenters. The number of nitrogens with zero attached hydrogens (tertiary/aromatic N) is 2. The van der Waals surface area contributed by atoms with Gasteiger partial charge in [-0.2, -0.15) is 0 Å². The number of rotatable bonds is 5. The van der Waals surface area contributed by atoms with Crippen molar-refractivity contribution in [3.05, 3.63) is 63.9 Å². The highest BCUT2D eigenvalue weighted by atomic mass is 16.6. The number of nitro benzene ring substituents is 1. The van der Waals surface area contributed by atoms with E-state index in [4.69, 9.17) is 4.74 Å². The van der Waals surface area contributed by atoms with E-state index >= 15 is 0 Å². The molecule has 0 radical (unpaired) electrons.